The van der Waals surface area contributed by atoms with Gasteiger partial charge in [0.25, 0.3) is 0 Å². The van der Waals surface area contributed by atoms with E-state index in [-0.39, 0.29) is 0 Å². The number of ether oxygens (including phenoxy) is 1. The lowest BCUT2D eigenvalue weighted by atomic mass is 10.0. The Kier molecular flexibility index (Phi) is 4.71. The molecule has 0 bridgehead atoms. The monoisotopic (exact) mass is 333 g/mol. The van der Waals surface area contributed by atoms with Crippen LogP contribution in [0.3, 0.4) is 0 Å². The number of halogens is 1. The number of nitrogens with one attached hydrogen (secondary N) is 1. The van der Waals surface area contributed by atoms with E-state index in [0.717, 1.165) is 22.5 Å². The SMILES string of the molecule is COc1cc(NCc2cc(C)c(C)cc2C)ccc1Br. The number of hydrogen-bond donors (Lipinski definition) is 1. The third-order valence-electron chi connectivity index (χ3n) is 3.59. The molecule has 2 aromatic rings. The van der Waals surface area contributed by atoms with Crippen LogP contribution in [0.25, 0.3) is 0 Å². The molecule has 0 saturated carbocycles. The highest BCUT2D eigenvalue weighted by atomic mass is 79.9. The van der Waals surface area contributed by atoms with Crippen molar-refractivity contribution in [3.63, 3.8) is 0 Å². The van der Waals surface area contributed by atoms with E-state index in [1.165, 1.54) is 22.3 Å². The predicted octanol–water partition coefficient (Wildman–Crippen LogP) is 5.00. The smallest absolute Gasteiger partial charge is 0.135 e. The van der Waals surface area contributed by atoms with Crippen LogP contribution in [0.4, 0.5) is 5.69 Å². The molecule has 0 heterocycles. The Labute approximate surface area is 129 Å². The van der Waals surface area contributed by atoms with Crippen molar-refractivity contribution in [1.82, 2.24) is 0 Å². The van der Waals surface area contributed by atoms with Gasteiger partial charge in [0.1, 0.15) is 5.75 Å². The van der Waals surface area contributed by atoms with Gasteiger partial charge in [-0.1, -0.05) is 12.1 Å². The Bertz CT molecular complexity index is 623. The second kappa shape index (κ2) is 6.31. The Balaban J connectivity index is 2.14. The van der Waals surface area contributed by atoms with Crippen molar-refractivity contribution in [1.29, 1.82) is 0 Å². The van der Waals surface area contributed by atoms with Crippen molar-refractivity contribution >= 4 is 21.6 Å². The number of anilines is 1. The summed E-state index contributed by atoms with van der Waals surface area (Å²) in [7, 11) is 1.68. The Morgan fingerprint density at radius 2 is 1.70 bits per heavy atom. The van der Waals surface area contributed by atoms with Crippen LogP contribution in [0.2, 0.25) is 0 Å². The van der Waals surface area contributed by atoms with Crippen LogP contribution in [0.15, 0.2) is 34.8 Å². The van der Waals surface area contributed by atoms with E-state index < -0.39 is 0 Å². The Morgan fingerprint density at radius 1 is 1.00 bits per heavy atom. The molecule has 0 aliphatic carbocycles. The Morgan fingerprint density at radius 3 is 2.40 bits per heavy atom. The van der Waals surface area contributed by atoms with Gasteiger partial charge < -0.3 is 10.1 Å². The lowest BCUT2D eigenvalue weighted by molar-refractivity contribution is 0.412. The van der Waals surface area contributed by atoms with Gasteiger partial charge in [-0.15, -0.1) is 0 Å². The average molecular weight is 334 g/mol. The number of methoxy groups -OCH3 is 1. The maximum absolute atomic E-state index is 5.31. The minimum atomic E-state index is 0.817. The molecule has 3 heteroatoms. The van der Waals surface area contributed by atoms with Crippen LogP contribution in [0.1, 0.15) is 22.3 Å². The van der Waals surface area contributed by atoms with Crippen LogP contribution in [-0.4, -0.2) is 7.11 Å². The molecule has 2 aromatic carbocycles. The molecular formula is C17H20BrNO. The van der Waals surface area contributed by atoms with E-state index in [1.807, 2.05) is 18.2 Å². The summed E-state index contributed by atoms with van der Waals surface area (Å²) >= 11 is 3.46. The zero-order valence-corrected chi connectivity index (χ0v) is 14.0. The summed E-state index contributed by atoms with van der Waals surface area (Å²) in [4.78, 5) is 0. The molecule has 2 rings (SSSR count). The molecule has 2 nitrogen and oxygen atoms in total. The van der Waals surface area contributed by atoms with E-state index in [0.29, 0.717) is 0 Å². The summed E-state index contributed by atoms with van der Waals surface area (Å²) in [5.41, 5.74) is 6.39. The zero-order valence-electron chi connectivity index (χ0n) is 12.4. The van der Waals surface area contributed by atoms with Crippen LogP contribution < -0.4 is 10.1 Å². The van der Waals surface area contributed by atoms with Gasteiger partial charge in [-0.05, 0) is 71.1 Å². The lowest BCUT2D eigenvalue weighted by Crippen LogP contribution is -2.03. The van der Waals surface area contributed by atoms with Crippen molar-refractivity contribution < 1.29 is 4.74 Å². The number of rotatable bonds is 4. The fourth-order valence-corrected chi connectivity index (χ4v) is 2.59. The number of aryl methyl sites for hydroxylation is 3. The van der Waals surface area contributed by atoms with Crippen molar-refractivity contribution in [2.45, 2.75) is 27.3 Å². The highest BCUT2D eigenvalue weighted by Gasteiger charge is 2.04. The molecule has 106 valence electrons. The summed E-state index contributed by atoms with van der Waals surface area (Å²) in [6, 6.07) is 10.5. The van der Waals surface area contributed by atoms with Crippen molar-refractivity contribution in [3.05, 3.63) is 57.1 Å². The van der Waals surface area contributed by atoms with E-state index in [1.54, 1.807) is 7.11 Å². The fraction of sp³-hybridized carbons (Fsp3) is 0.294. The van der Waals surface area contributed by atoms with E-state index in [4.69, 9.17) is 4.74 Å². The fourth-order valence-electron chi connectivity index (χ4n) is 2.18. The highest BCUT2D eigenvalue weighted by molar-refractivity contribution is 9.10. The van der Waals surface area contributed by atoms with Crippen molar-refractivity contribution in [2.75, 3.05) is 12.4 Å². The zero-order chi connectivity index (χ0) is 14.7. The molecule has 0 aliphatic heterocycles. The summed E-state index contributed by atoms with van der Waals surface area (Å²) in [5.74, 6) is 0.840. The van der Waals surface area contributed by atoms with E-state index in [9.17, 15) is 0 Å². The van der Waals surface area contributed by atoms with Gasteiger partial charge >= 0.3 is 0 Å². The summed E-state index contributed by atoms with van der Waals surface area (Å²) < 4.78 is 6.28. The lowest BCUT2D eigenvalue weighted by Gasteiger charge is -2.13. The molecule has 0 aromatic heterocycles. The number of benzene rings is 2. The first-order valence-electron chi connectivity index (χ1n) is 6.65. The molecule has 0 spiro atoms. The molecule has 0 aliphatic rings. The predicted molar refractivity (Wildman–Crippen MR) is 88.7 cm³/mol. The maximum atomic E-state index is 5.31. The molecule has 0 fully saturated rings. The van der Waals surface area contributed by atoms with Gasteiger partial charge in [-0.2, -0.15) is 0 Å². The third kappa shape index (κ3) is 3.34. The van der Waals surface area contributed by atoms with Gasteiger partial charge in [0.2, 0.25) is 0 Å². The van der Waals surface area contributed by atoms with Gasteiger partial charge in [-0.25, -0.2) is 0 Å². The van der Waals surface area contributed by atoms with Crippen molar-refractivity contribution in [2.24, 2.45) is 0 Å². The summed E-state index contributed by atoms with van der Waals surface area (Å²) in [5, 5.41) is 3.45. The van der Waals surface area contributed by atoms with Crippen LogP contribution in [0.5, 0.6) is 5.75 Å². The Hall–Kier alpha value is -1.48. The van der Waals surface area contributed by atoms with Crippen LogP contribution in [-0.2, 0) is 6.54 Å². The van der Waals surface area contributed by atoms with Gasteiger partial charge in [0.15, 0.2) is 0 Å². The quantitative estimate of drug-likeness (QED) is 0.850. The highest BCUT2D eigenvalue weighted by Crippen LogP contribution is 2.28. The average Bonchev–Trinajstić information content (AvgIpc) is 2.43. The third-order valence-corrected chi connectivity index (χ3v) is 4.24. The first kappa shape index (κ1) is 14.9. The largest absolute Gasteiger partial charge is 0.495 e. The number of hydrogen-bond acceptors (Lipinski definition) is 2. The molecule has 0 amide bonds. The topological polar surface area (TPSA) is 21.3 Å². The molecular weight excluding hydrogens is 314 g/mol. The van der Waals surface area contributed by atoms with Gasteiger partial charge in [-0.3, -0.25) is 0 Å². The molecule has 0 atom stereocenters. The van der Waals surface area contributed by atoms with E-state index in [2.05, 4.69) is 54.2 Å². The molecule has 1 N–H and O–H groups in total. The minimum Gasteiger partial charge on any atom is -0.495 e. The first-order chi connectivity index (χ1) is 9.51. The summed E-state index contributed by atoms with van der Waals surface area (Å²) in [6.07, 6.45) is 0. The van der Waals surface area contributed by atoms with Gasteiger partial charge in [0.05, 0.1) is 11.6 Å². The standard InChI is InChI=1S/C17H20BrNO/c1-11-7-13(3)14(8-12(11)2)10-19-15-5-6-16(18)17(9-15)20-4/h5-9,19H,10H2,1-4H3. The first-order valence-corrected chi connectivity index (χ1v) is 7.44. The minimum absolute atomic E-state index is 0.817. The van der Waals surface area contributed by atoms with Crippen molar-refractivity contribution in [3.8, 4) is 5.75 Å². The molecule has 0 unspecified atom stereocenters. The van der Waals surface area contributed by atoms with E-state index >= 15 is 0 Å². The second-order valence-electron chi connectivity index (χ2n) is 5.07. The van der Waals surface area contributed by atoms with Crippen LogP contribution >= 0.6 is 15.9 Å². The summed E-state index contributed by atoms with van der Waals surface area (Å²) in [6.45, 7) is 7.28. The maximum Gasteiger partial charge on any atom is 0.135 e. The molecule has 0 radical (unpaired) electrons. The van der Waals surface area contributed by atoms with Gasteiger partial charge in [0, 0.05) is 18.3 Å². The molecule has 20 heavy (non-hydrogen) atoms. The normalized spacial score (nSPS) is 10.4. The second-order valence-corrected chi connectivity index (χ2v) is 5.92. The van der Waals surface area contributed by atoms with Crippen LogP contribution in [0, 0.1) is 20.8 Å². The molecule has 0 saturated heterocycles.